The standard InChI is InChI=1S/C21H24N2O5/c1-3-8-27-9-10-28-21(26)18-12-17(5-7-20(18)25)14-23-22-13-16-4-6-19(24)15(2)11-16/h4-7,11-14,24-25H,3,8-10H2,1-2H3. The summed E-state index contributed by atoms with van der Waals surface area (Å²) in [6.07, 6.45) is 3.91. The van der Waals surface area contributed by atoms with Crippen molar-refractivity contribution in [1.29, 1.82) is 0 Å². The highest BCUT2D eigenvalue weighted by Crippen LogP contribution is 2.19. The van der Waals surface area contributed by atoms with Crippen molar-refractivity contribution in [3.05, 3.63) is 58.7 Å². The van der Waals surface area contributed by atoms with Crippen LogP contribution < -0.4 is 0 Å². The number of rotatable bonds is 9. The quantitative estimate of drug-likeness (QED) is 0.298. The van der Waals surface area contributed by atoms with Crippen LogP contribution in [0.2, 0.25) is 0 Å². The number of carbonyl (C=O) groups is 1. The molecular weight excluding hydrogens is 360 g/mol. The molecule has 0 saturated heterocycles. The van der Waals surface area contributed by atoms with E-state index in [1.807, 2.05) is 6.92 Å². The minimum Gasteiger partial charge on any atom is -0.508 e. The summed E-state index contributed by atoms with van der Waals surface area (Å²) in [6.45, 7) is 4.83. The molecule has 0 aromatic heterocycles. The second-order valence-corrected chi connectivity index (χ2v) is 6.06. The van der Waals surface area contributed by atoms with Crippen molar-refractivity contribution < 1.29 is 24.5 Å². The molecule has 0 bridgehead atoms. The number of ether oxygens (including phenoxy) is 2. The van der Waals surface area contributed by atoms with Crippen LogP contribution in [0.25, 0.3) is 0 Å². The normalized spacial score (nSPS) is 11.4. The van der Waals surface area contributed by atoms with Gasteiger partial charge in [0.2, 0.25) is 0 Å². The highest BCUT2D eigenvalue weighted by molar-refractivity contribution is 5.95. The molecule has 0 heterocycles. The Morgan fingerprint density at radius 2 is 1.61 bits per heavy atom. The van der Waals surface area contributed by atoms with E-state index in [0.717, 1.165) is 17.5 Å². The van der Waals surface area contributed by atoms with Crippen LogP contribution in [0.15, 0.2) is 46.6 Å². The molecule has 28 heavy (non-hydrogen) atoms. The predicted molar refractivity (Wildman–Crippen MR) is 108 cm³/mol. The van der Waals surface area contributed by atoms with Gasteiger partial charge >= 0.3 is 5.97 Å². The van der Waals surface area contributed by atoms with Crippen molar-refractivity contribution in [2.24, 2.45) is 10.2 Å². The van der Waals surface area contributed by atoms with Crippen molar-refractivity contribution >= 4 is 18.4 Å². The van der Waals surface area contributed by atoms with Crippen LogP contribution in [-0.4, -0.2) is 48.4 Å². The van der Waals surface area contributed by atoms with Crippen molar-refractivity contribution in [2.45, 2.75) is 20.3 Å². The number of aromatic hydroxyl groups is 2. The summed E-state index contributed by atoms with van der Waals surface area (Å²) in [7, 11) is 0. The second kappa shape index (κ2) is 10.8. The van der Waals surface area contributed by atoms with Gasteiger partial charge in [-0.3, -0.25) is 0 Å². The van der Waals surface area contributed by atoms with Crippen LogP contribution in [-0.2, 0) is 9.47 Å². The van der Waals surface area contributed by atoms with Crippen LogP contribution in [0.4, 0.5) is 0 Å². The first-order valence-corrected chi connectivity index (χ1v) is 8.95. The summed E-state index contributed by atoms with van der Waals surface area (Å²) in [5.41, 5.74) is 2.19. The van der Waals surface area contributed by atoms with E-state index in [1.165, 1.54) is 18.3 Å². The Morgan fingerprint density at radius 1 is 0.964 bits per heavy atom. The molecule has 0 radical (unpaired) electrons. The summed E-state index contributed by atoms with van der Waals surface area (Å²) in [5, 5.41) is 27.3. The lowest BCUT2D eigenvalue weighted by atomic mass is 10.1. The van der Waals surface area contributed by atoms with Crippen LogP contribution in [0.1, 0.15) is 40.4 Å². The Balaban J connectivity index is 1.97. The van der Waals surface area contributed by atoms with Gasteiger partial charge < -0.3 is 19.7 Å². The van der Waals surface area contributed by atoms with Gasteiger partial charge in [-0.25, -0.2) is 4.79 Å². The molecule has 7 heteroatoms. The summed E-state index contributed by atoms with van der Waals surface area (Å²) in [5.74, 6) is -0.572. The molecule has 0 aliphatic rings. The number of benzene rings is 2. The minimum atomic E-state index is -0.629. The van der Waals surface area contributed by atoms with E-state index in [9.17, 15) is 15.0 Å². The Labute approximate surface area is 164 Å². The first kappa shape index (κ1) is 21.1. The number of carbonyl (C=O) groups excluding carboxylic acids is 1. The average molecular weight is 384 g/mol. The Morgan fingerprint density at radius 3 is 2.25 bits per heavy atom. The molecule has 0 fully saturated rings. The number of hydrogen-bond donors (Lipinski definition) is 2. The molecule has 7 nitrogen and oxygen atoms in total. The number of aryl methyl sites for hydroxylation is 1. The van der Waals surface area contributed by atoms with Gasteiger partial charge in [-0.15, -0.1) is 0 Å². The summed E-state index contributed by atoms with van der Waals surface area (Å²) in [4.78, 5) is 12.1. The van der Waals surface area contributed by atoms with Gasteiger partial charge in [-0.2, -0.15) is 10.2 Å². The highest BCUT2D eigenvalue weighted by Gasteiger charge is 2.13. The smallest absolute Gasteiger partial charge is 0.342 e. The van der Waals surface area contributed by atoms with E-state index < -0.39 is 5.97 Å². The number of phenols is 2. The fraction of sp³-hybridized carbons (Fsp3) is 0.286. The fourth-order valence-corrected chi connectivity index (χ4v) is 2.27. The van der Waals surface area contributed by atoms with Crippen molar-refractivity contribution in [1.82, 2.24) is 0 Å². The monoisotopic (exact) mass is 384 g/mol. The average Bonchev–Trinajstić information content (AvgIpc) is 2.68. The molecule has 0 unspecified atom stereocenters. The molecule has 0 saturated carbocycles. The molecule has 0 aliphatic carbocycles. The highest BCUT2D eigenvalue weighted by atomic mass is 16.6. The summed E-state index contributed by atoms with van der Waals surface area (Å²) in [6, 6.07) is 9.59. The molecule has 0 atom stereocenters. The Hall–Kier alpha value is -3.19. The van der Waals surface area contributed by atoms with Gasteiger partial charge in [0.1, 0.15) is 23.7 Å². The van der Waals surface area contributed by atoms with Gasteiger partial charge in [0, 0.05) is 6.61 Å². The van der Waals surface area contributed by atoms with Gasteiger partial charge in [-0.05, 0) is 66.4 Å². The topological polar surface area (TPSA) is 101 Å². The van der Waals surface area contributed by atoms with E-state index in [0.29, 0.717) is 18.8 Å². The van der Waals surface area contributed by atoms with E-state index in [1.54, 1.807) is 37.4 Å². The van der Waals surface area contributed by atoms with E-state index in [2.05, 4.69) is 10.2 Å². The molecule has 2 aromatic rings. The maximum Gasteiger partial charge on any atom is 0.342 e. The fourth-order valence-electron chi connectivity index (χ4n) is 2.27. The maximum absolute atomic E-state index is 12.1. The first-order valence-electron chi connectivity index (χ1n) is 8.95. The molecular formula is C21H24N2O5. The number of esters is 1. The van der Waals surface area contributed by atoms with Crippen LogP contribution in [0, 0.1) is 6.92 Å². The first-order chi connectivity index (χ1) is 13.5. The third kappa shape index (κ3) is 6.51. The zero-order valence-electron chi connectivity index (χ0n) is 16.0. The summed E-state index contributed by atoms with van der Waals surface area (Å²) >= 11 is 0. The molecule has 0 spiro atoms. The molecule has 2 aromatic carbocycles. The Kier molecular flexibility index (Phi) is 8.17. The van der Waals surface area contributed by atoms with E-state index >= 15 is 0 Å². The zero-order valence-corrected chi connectivity index (χ0v) is 16.0. The largest absolute Gasteiger partial charge is 0.508 e. The van der Waals surface area contributed by atoms with Gasteiger partial charge in [-0.1, -0.05) is 6.92 Å². The molecule has 0 amide bonds. The lowest BCUT2D eigenvalue weighted by molar-refractivity contribution is 0.0316. The van der Waals surface area contributed by atoms with Gasteiger partial charge in [0.25, 0.3) is 0 Å². The van der Waals surface area contributed by atoms with Crippen molar-refractivity contribution in [3.63, 3.8) is 0 Å². The maximum atomic E-state index is 12.1. The lowest BCUT2D eigenvalue weighted by Crippen LogP contribution is -2.11. The van der Waals surface area contributed by atoms with E-state index in [-0.39, 0.29) is 23.7 Å². The van der Waals surface area contributed by atoms with Crippen LogP contribution in [0.3, 0.4) is 0 Å². The van der Waals surface area contributed by atoms with Crippen LogP contribution in [0.5, 0.6) is 11.5 Å². The van der Waals surface area contributed by atoms with Gasteiger partial charge in [0.05, 0.1) is 19.0 Å². The Bertz CT molecular complexity index is 862. The van der Waals surface area contributed by atoms with Crippen molar-refractivity contribution in [3.8, 4) is 11.5 Å². The number of phenolic OH excluding ortho intramolecular Hbond substituents is 2. The van der Waals surface area contributed by atoms with Gasteiger partial charge in [0.15, 0.2) is 0 Å². The molecule has 0 aliphatic heterocycles. The third-order valence-corrected chi connectivity index (χ3v) is 3.75. The zero-order chi connectivity index (χ0) is 20.4. The predicted octanol–water partition coefficient (Wildman–Crippen LogP) is 3.44. The van der Waals surface area contributed by atoms with Crippen molar-refractivity contribution in [2.75, 3.05) is 19.8 Å². The minimum absolute atomic E-state index is 0.0533. The second-order valence-electron chi connectivity index (χ2n) is 6.06. The van der Waals surface area contributed by atoms with E-state index in [4.69, 9.17) is 9.47 Å². The summed E-state index contributed by atoms with van der Waals surface area (Å²) < 4.78 is 10.3. The third-order valence-electron chi connectivity index (χ3n) is 3.75. The number of nitrogens with zero attached hydrogens (tertiary/aromatic N) is 2. The molecule has 148 valence electrons. The molecule has 2 rings (SSSR count). The van der Waals surface area contributed by atoms with Crippen LogP contribution >= 0.6 is 0 Å². The molecule has 2 N–H and O–H groups in total. The lowest BCUT2D eigenvalue weighted by Gasteiger charge is -2.07. The SMILES string of the molecule is CCCOCCOC(=O)c1cc(C=NN=Cc2ccc(O)c(C)c2)ccc1O. The number of hydrogen-bond acceptors (Lipinski definition) is 7.